The van der Waals surface area contributed by atoms with Crippen molar-refractivity contribution < 1.29 is 4.74 Å². The smallest absolute Gasteiger partial charge is 0.144 e. The van der Waals surface area contributed by atoms with Crippen molar-refractivity contribution in [1.29, 1.82) is 0 Å². The zero-order valence-corrected chi connectivity index (χ0v) is 13.9. The van der Waals surface area contributed by atoms with Gasteiger partial charge in [-0.2, -0.15) is 11.8 Å². The summed E-state index contributed by atoms with van der Waals surface area (Å²) in [7, 11) is 0. The Kier molecular flexibility index (Phi) is 4.55. The molecule has 0 amide bonds. The van der Waals surface area contributed by atoms with Crippen LogP contribution in [0.3, 0.4) is 0 Å². The Morgan fingerprint density at radius 1 is 1.35 bits per heavy atom. The molecule has 1 aliphatic rings. The molecule has 0 spiro atoms. The second kappa shape index (κ2) is 6.39. The molecule has 2 aromatic rings. The number of nitrogens with one attached hydrogen (secondary N) is 1. The Bertz CT molecular complexity index is 654. The van der Waals surface area contributed by atoms with Crippen molar-refractivity contribution in [2.24, 2.45) is 0 Å². The minimum atomic E-state index is -0.00832. The number of aromatic amines is 1. The topological polar surface area (TPSA) is 37.9 Å². The number of nitrogens with zero attached hydrogens (tertiary/aromatic N) is 1. The molecule has 1 saturated heterocycles. The van der Waals surface area contributed by atoms with E-state index in [-0.39, 0.29) is 6.10 Å². The van der Waals surface area contributed by atoms with Crippen LogP contribution in [-0.4, -0.2) is 28.1 Å². The average molecular weight is 369 g/mol. The van der Waals surface area contributed by atoms with Crippen molar-refractivity contribution in [3.05, 3.63) is 45.3 Å². The second-order valence-corrected chi connectivity index (χ2v) is 6.75. The third-order valence-corrected chi connectivity index (χ3v) is 5.39. The first kappa shape index (κ1) is 14.3. The molecule has 2 heterocycles. The van der Waals surface area contributed by atoms with E-state index in [1.54, 1.807) is 0 Å². The Balaban J connectivity index is 2.06. The molecule has 0 radical (unpaired) electrons. The van der Waals surface area contributed by atoms with E-state index in [1.165, 1.54) is 0 Å². The van der Waals surface area contributed by atoms with Crippen LogP contribution >= 0.6 is 39.9 Å². The van der Waals surface area contributed by atoms with Crippen LogP contribution in [0.15, 0.2) is 34.8 Å². The van der Waals surface area contributed by atoms with Crippen LogP contribution in [0.4, 0.5) is 0 Å². The van der Waals surface area contributed by atoms with Gasteiger partial charge in [0, 0.05) is 11.5 Å². The lowest BCUT2D eigenvalue weighted by Crippen LogP contribution is -2.18. The molecule has 1 N–H and O–H groups in total. The summed E-state index contributed by atoms with van der Waals surface area (Å²) < 4.78 is 7.16. The van der Waals surface area contributed by atoms with Crippen LogP contribution in [0.2, 0.25) is 0 Å². The maximum atomic E-state index is 5.77. The number of hydrogen-bond acceptors (Lipinski definition) is 4. The van der Waals surface area contributed by atoms with Gasteiger partial charge < -0.3 is 9.72 Å². The van der Waals surface area contributed by atoms with E-state index in [2.05, 4.69) is 25.9 Å². The van der Waals surface area contributed by atoms with Crippen molar-refractivity contribution in [3.8, 4) is 11.3 Å². The van der Waals surface area contributed by atoms with E-state index in [1.807, 2.05) is 42.1 Å². The highest BCUT2D eigenvalue weighted by molar-refractivity contribution is 9.10. The van der Waals surface area contributed by atoms with Gasteiger partial charge in [0.25, 0.3) is 0 Å². The van der Waals surface area contributed by atoms with Gasteiger partial charge in [0.2, 0.25) is 0 Å². The van der Waals surface area contributed by atoms with E-state index >= 15 is 0 Å². The Labute approximate surface area is 135 Å². The lowest BCUT2D eigenvalue weighted by molar-refractivity contribution is 0.0694. The quantitative estimate of drug-likeness (QED) is 0.798. The maximum Gasteiger partial charge on any atom is 0.144 e. The van der Waals surface area contributed by atoms with Crippen molar-refractivity contribution in [2.75, 3.05) is 18.1 Å². The molecule has 0 aliphatic carbocycles. The van der Waals surface area contributed by atoms with Gasteiger partial charge in [-0.25, -0.2) is 4.98 Å². The molecular weight excluding hydrogens is 356 g/mol. The van der Waals surface area contributed by atoms with Gasteiger partial charge in [-0.1, -0.05) is 42.5 Å². The Morgan fingerprint density at radius 2 is 2.15 bits per heavy atom. The van der Waals surface area contributed by atoms with E-state index in [9.17, 15) is 0 Å². The monoisotopic (exact) mass is 368 g/mol. The van der Waals surface area contributed by atoms with Gasteiger partial charge >= 0.3 is 0 Å². The lowest BCUT2D eigenvalue weighted by atomic mass is 10.1. The third-order valence-electron chi connectivity index (χ3n) is 3.07. The molecule has 0 bridgehead atoms. The Hall–Kier alpha value is -0.690. The van der Waals surface area contributed by atoms with E-state index < -0.39 is 0 Å². The van der Waals surface area contributed by atoms with Crippen molar-refractivity contribution in [2.45, 2.75) is 6.10 Å². The number of rotatable bonds is 2. The average Bonchev–Trinajstić information content (AvgIpc) is 2.51. The number of aromatic nitrogens is 2. The van der Waals surface area contributed by atoms with Crippen LogP contribution in [0.1, 0.15) is 11.9 Å². The van der Waals surface area contributed by atoms with Gasteiger partial charge in [0.1, 0.15) is 16.6 Å². The predicted octanol–water partition coefficient (Wildman–Crippen LogP) is 4.37. The number of H-pyrrole nitrogens is 1. The molecule has 104 valence electrons. The highest BCUT2D eigenvalue weighted by atomic mass is 79.9. The van der Waals surface area contributed by atoms with Gasteiger partial charge in [-0.15, -0.1) is 0 Å². The third kappa shape index (κ3) is 2.98. The van der Waals surface area contributed by atoms with Gasteiger partial charge in [-0.3, -0.25) is 0 Å². The number of thioether (sulfide) groups is 1. The SMILES string of the molecule is S=c1nc(C2CSCCO2)[nH]c(-c2ccccc2)c1Br. The summed E-state index contributed by atoms with van der Waals surface area (Å²) in [6, 6.07) is 10.1. The predicted molar refractivity (Wildman–Crippen MR) is 88.6 cm³/mol. The molecule has 1 aliphatic heterocycles. The fourth-order valence-electron chi connectivity index (χ4n) is 2.08. The molecular formula is C14H13BrN2OS2. The first-order chi connectivity index (χ1) is 9.75. The summed E-state index contributed by atoms with van der Waals surface area (Å²) in [5.74, 6) is 2.76. The van der Waals surface area contributed by atoms with E-state index in [4.69, 9.17) is 17.0 Å². The van der Waals surface area contributed by atoms with Crippen molar-refractivity contribution >= 4 is 39.9 Å². The molecule has 3 nitrogen and oxygen atoms in total. The number of benzene rings is 1. The molecule has 1 fully saturated rings. The largest absolute Gasteiger partial charge is 0.369 e. The molecule has 20 heavy (non-hydrogen) atoms. The summed E-state index contributed by atoms with van der Waals surface area (Å²) in [6.07, 6.45) is -0.00832. The van der Waals surface area contributed by atoms with Crippen LogP contribution in [0.25, 0.3) is 11.3 Å². The van der Waals surface area contributed by atoms with Crippen LogP contribution in [0.5, 0.6) is 0 Å². The Morgan fingerprint density at radius 3 is 2.85 bits per heavy atom. The highest BCUT2D eigenvalue weighted by Gasteiger charge is 2.20. The summed E-state index contributed by atoms with van der Waals surface area (Å²) in [5, 5.41) is 0. The van der Waals surface area contributed by atoms with E-state index in [0.717, 1.165) is 39.7 Å². The van der Waals surface area contributed by atoms with Crippen molar-refractivity contribution in [1.82, 2.24) is 9.97 Å². The summed E-state index contributed by atoms with van der Waals surface area (Å²) in [6.45, 7) is 0.758. The van der Waals surface area contributed by atoms with Crippen LogP contribution in [-0.2, 0) is 4.74 Å². The fraction of sp³-hybridized carbons (Fsp3) is 0.286. The summed E-state index contributed by atoms with van der Waals surface area (Å²) in [4.78, 5) is 7.83. The highest BCUT2D eigenvalue weighted by Crippen LogP contribution is 2.30. The zero-order valence-electron chi connectivity index (χ0n) is 10.6. The maximum absolute atomic E-state index is 5.77. The van der Waals surface area contributed by atoms with Gasteiger partial charge in [-0.05, 0) is 21.5 Å². The molecule has 6 heteroatoms. The first-order valence-electron chi connectivity index (χ1n) is 6.30. The fourth-order valence-corrected chi connectivity index (χ4v) is 3.54. The summed E-state index contributed by atoms with van der Waals surface area (Å²) >= 11 is 10.8. The van der Waals surface area contributed by atoms with Crippen molar-refractivity contribution in [3.63, 3.8) is 0 Å². The number of ether oxygens (including phenoxy) is 1. The van der Waals surface area contributed by atoms with Crippen LogP contribution in [0, 0.1) is 4.64 Å². The lowest BCUT2D eigenvalue weighted by Gasteiger charge is -2.22. The van der Waals surface area contributed by atoms with Gasteiger partial charge in [0.15, 0.2) is 0 Å². The molecule has 3 rings (SSSR count). The molecule has 0 saturated carbocycles. The second-order valence-electron chi connectivity index (χ2n) is 4.42. The molecule has 1 aromatic carbocycles. The standard InChI is InChI=1S/C14H13BrN2OS2/c15-11-12(9-4-2-1-3-5-9)16-13(17-14(11)19)10-8-20-7-6-18-10/h1-5,10H,6-8H2,(H,16,17,19). The molecule has 1 unspecified atom stereocenters. The van der Waals surface area contributed by atoms with E-state index in [0.29, 0.717) is 4.64 Å². The normalized spacial score (nSPS) is 18.9. The minimum absolute atomic E-state index is 0.00832. The summed E-state index contributed by atoms with van der Waals surface area (Å²) in [5.41, 5.74) is 2.04. The number of halogens is 1. The molecule has 1 aromatic heterocycles. The zero-order chi connectivity index (χ0) is 13.9. The first-order valence-corrected chi connectivity index (χ1v) is 8.66. The number of hydrogen-bond donors (Lipinski definition) is 1. The molecule has 1 atom stereocenters. The van der Waals surface area contributed by atoms with Crippen LogP contribution < -0.4 is 0 Å². The van der Waals surface area contributed by atoms with Gasteiger partial charge in [0.05, 0.1) is 16.8 Å². The minimum Gasteiger partial charge on any atom is -0.369 e.